The van der Waals surface area contributed by atoms with E-state index in [1.54, 1.807) is 0 Å². The van der Waals surface area contributed by atoms with E-state index in [0.717, 1.165) is 31.6 Å². The number of likely N-dealkylation sites (N-methyl/N-ethyl adjacent to an activating group) is 2. The monoisotopic (exact) mass is 276 g/mol. The minimum Gasteiger partial charge on any atom is -0.311 e. The molecule has 0 heterocycles. The SMILES string of the molecule is CCCCN(CC)C(C)C(=O)N(CC)c1ccccc1. The van der Waals surface area contributed by atoms with Gasteiger partial charge in [0.15, 0.2) is 0 Å². The third-order valence-corrected chi connectivity index (χ3v) is 3.76. The number of nitrogens with zero attached hydrogens (tertiary/aromatic N) is 2. The first kappa shape index (κ1) is 16.7. The highest BCUT2D eigenvalue weighted by atomic mass is 16.2. The third-order valence-electron chi connectivity index (χ3n) is 3.76. The molecule has 0 aromatic heterocycles. The number of rotatable bonds is 8. The van der Waals surface area contributed by atoms with Crippen LogP contribution in [0.25, 0.3) is 0 Å². The third kappa shape index (κ3) is 4.34. The molecule has 1 amide bonds. The van der Waals surface area contributed by atoms with Crippen LogP contribution in [-0.4, -0.2) is 36.5 Å². The molecule has 0 saturated carbocycles. The van der Waals surface area contributed by atoms with Gasteiger partial charge in [-0.1, -0.05) is 38.5 Å². The van der Waals surface area contributed by atoms with Gasteiger partial charge in [-0.15, -0.1) is 0 Å². The van der Waals surface area contributed by atoms with Gasteiger partial charge in [0.05, 0.1) is 6.04 Å². The Labute approximate surface area is 123 Å². The van der Waals surface area contributed by atoms with Gasteiger partial charge in [0.1, 0.15) is 0 Å². The summed E-state index contributed by atoms with van der Waals surface area (Å²) in [5.74, 6) is 0.191. The van der Waals surface area contributed by atoms with Crippen LogP contribution in [0.3, 0.4) is 0 Å². The van der Waals surface area contributed by atoms with Crippen LogP contribution in [0.4, 0.5) is 5.69 Å². The second kappa shape index (κ2) is 8.75. The molecule has 3 heteroatoms. The zero-order valence-electron chi connectivity index (χ0n) is 13.3. The molecule has 3 nitrogen and oxygen atoms in total. The Hall–Kier alpha value is -1.35. The van der Waals surface area contributed by atoms with Crippen molar-refractivity contribution in [2.45, 2.75) is 46.6 Å². The smallest absolute Gasteiger partial charge is 0.244 e. The Morgan fingerprint density at radius 3 is 2.25 bits per heavy atom. The number of carbonyl (C=O) groups is 1. The molecule has 1 aromatic carbocycles. The number of amides is 1. The van der Waals surface area contributed by atoms with Gasteiger partial charge < -0.3 is 4.90 Å². The first-order valence-corrected chi connectivity index (χ1v) is 7.76. The number of hydrogen-bond acceptors (Lipinski definition) is 2. The Kier molecular flexibility index (Phi) is 7.31. The Morgan fingerprint density at radius 2 is 1.75 bits per heavy atom. The average molecular weight is 276 g/mol. The van der Waals surface area contributed by atoms with Gasteiger partial charge in [-0.3, -0.25) is 9.69 Å². The maximum absolute atomic E-state index is 12.7. The van der Waals surface area contributed by atoms with Crippen LogP contribution in [0.1, 0.15) is 40.5 Å². The van der Waals surface area contributed by atoms with Gasteiger partial charge >= 0.3 is 0 Å². The van der Waals surface area contributed by atoms with E-state index in [-0.39, 0.29) is 11.9 Å². The van der Waals surface area contributed by atoms with Gasteiger partial charge in [0, 0.05) is 12.2 Å². The van der Waals surface area contributed by atoms with E-state index in [1.165, 1.54) is 0 Å². The number of carbonyl (C=O) groups excluding carboxylic acids is 1. The molecule has 0 aliphatic rings. The quantitative estimate of drug-likeness (QED) is 0.725. The van der Waals surface area contributed by atoms with Crippen LogP contribution in [0.5, 0.6) is 0 Å². The predicted molar refractivity (Wildman–Crippen MR) is 86.1 cm³/mol. The first-order valence-electron chi connectivity index (χ1n) is 7.76. The minimum atomic E-state index is -0.0632. The molecule has 112 valence electrons. The fourth-order valence-electron chi connectivity index (χ4n) is 2.44. The summed E-state index contributed by atoms with van der Waals surface area (Å²) in [6, 6.07) is 9.86. The lowest BCUT2D eigenvalue weighted by Crippen LogP contribution is -2.47. The molecule has 0 fully saturated rings. The maximum Gasteiger partial charge on any atom is 0.244 e. The predicted octanol–water partition coefficient (Wildman–Crippen LogP) is 3.55. The molecule has 0 spiro atoms. The van der Waals surface area contributed by atoms with Crippen LogP contribution in [0.2, 0.25) is 0 Å². The molecule has 0 N–H and O–H groups in total. The molecule has 20 heavy (non-hydrogen) atoms. The Balaban J connectivity index is 2.79. The zero-order valence-corrected chi connectivity index (χ0v) is 13.3. The molecular formula is C17H28N2O. The Bertz CT molecular complexity index is 391. The standard InChI is InChI=1S/C17H28N2O/c1-5-8-14-18(6-2)15(4)17(20)19(7-3)16-12-10-9-11-13-16/h9-13,15H,5-8,14H2,1-4H3. The van der Waals surface area contributed by atoms with Crippen molar-refractivity contribution in [3.8, 4) is 0 Å². The fourth-order valence-corrected chi connectivity index (χ4v) is 2.44. The van der Waals surface area contributed by atoms with Crippen molar-refractivity contribution in [1.82, 2.24) is 4.90 Å². The molecule has 0 saturated heterocycles. The van der Waals surface area contributed by atoms with Crippen LogP contribution >= 0.6 is 0 Å². The number of unbranched alkanes of at least 4 members (excludes halogenated alkanes) is 1. The number of para-hydroxylation sites is 1. The molecular weight excluding hydrogens is 248 g/mol. The molecule has 0 radical (unpaired) electrons. The number of benzene rings is 1. The summed E-state index contributed by atoms with van der Waals surface area (Å²) in [6.07, 6.45) is 2.30. The van der Waals surface area contributed by atoms with E-state index in [1.807, 2.05) is 49.1 Å². The van der Waals surface area contributed by atoms with Gasteiger partial charge in [-0.2, -0.15) is 0 Å². The maximum atomic E-state index is 12.7. The number of anilines is 1. The van der Waals surface area contributed by atoms with E-state index in [4.69, 9.17) is 0 Å². The lowest BCUT2D eigenvalue weighted by Gasteiger charge is -2.31. The lowest BCUT2D eigenvalue weighted by atomic mass is 10.2. The van der Waals surface area contributed by atoms with E-state index in [0.29, 0.717) is 6.54 Å². The van der Waals surface area contributed by atoms with Crippen molar-refractivity contribution in [1.29, 1.82) is 0 Å². The van der Waals surface area contributed by atoms with Crippen molar-refractivity contribution >= 4 is 11.6 Å². The van der Waals surface area contributed by atoms with Crippen molar-refractivity contribution in [2.75, 3.05) is 24.5 Å². The van der Waals surface area contributed by atoms with Crippen LogP contribution in [0.15, 0.2) is 30.3 Å². The molecule has 0 aliphatic heterocycles. The summed E-state index contributed by atoms with van der Waals surface area (Å²) in [4.78, 5) is 16.9. The molecule has 0 aliphatic carbocycles. The summed E-state index contributed by atoms with van der Waals surface area (Å²) >= 11 is 0. The van der Waals surface area contributed by atoms with E-state index >= 15 is 0 Å². The van der Waals surface area contributed by atoms with Crippen LogP contribution in [-0.2, 0) is 4.79 Å². The second-order valence-electron chi connectivity index (χ2n) is 5.08. The first-order chi connectivity index (χ1) is 9.65. The summed E-state index contributed by atoms with van der Waals surface area (Å²) in [6.45, 7) is 11.0. The minimum absolute atomic E-state index is 0.0632. The van der Waals surface area contributed by atoms with Crippen molar-refractivity contribution in [3.63, 3.8) is 0 Å². The van der Waals surface area contributed by atoms with E-state index in [2.05, 4.69) is 18.7 Å². The van der Waals surface area contributed by atoms with Crippen molar-refractivity contribution in [2.24, 2.45) is 0 Å². The number of hydrogen-bond donors (Lipinski definition) is 0. The van der Waals surface area contributed by atoms with Gasteiger partial charge in [0.25, 0.3) is 0 Å². The Morgan fingerprint density at radius 1 is 1.10 bits per heavy atom. The fraction of sp³-hybridized carbons (Fsp3) is 0.588. The van der Waals surface area contributed by atoms with Gasteiger partial charge in [0.2, 0.25) is 5.91 Å². The highest BCUT2D eigenvalue weighted by Gasteiger charge is 2.24. The van der Waals surface area contributed by atoms with Gasteiger partial charge in [-0.05, 0) is 45.5 Å². The van der Waals surface area contributed by atoms with Crippen LogP contribution in [0, 0.1) is 0 Å². The van der Waals surface area contributed by atoms with E-state index < -0.39 is 0 Å². The molecule has 1 aromatic rings. The lowest BCUT2D eigenvalue weighted by molar-refractivity contribution is -0.123. The normalized spacial score (nSPS) is 12.4. The second-order valence-corrected chi connectivity index (χ2v) is 5.08. The highest BCUT2D eigenvalue weighted by Crippen LogP contribution is 2.16. The van der Waals surface area contributed by atoms with E-state index in [9.17, 15) is 4.79 Å². The molecule has 1 rings (SSSR count). The molecule has 0 bridgehead atoms. The molecule has 1 unspecified atom stereocenters. The molecule has 1 atom stereocenters. The van der Waals surface area contributed by atoms with Crippen LogP contribution < -0.4 is 4.90 Å². The summed E-state index contributed by atoms with van der Waals surface area (Å²) in [5.41, 5.74) is 0.985. The summed E-state index contributed by atoms with van der Waals surface area (Å²) in [7, 11) is 0. The highest BCUT2D eigenvalue weighted by molar-refractivity contribution is 5.96. The van der Waals surface area contributed by atoms with Gasteiger partial charge in [-0.25, -0.2) is 0 Å². The zero-order chi connectivity index (χ0) is 15.0. The van der Waals surface area contributed by atoms with Crippen molar-refractivity contribution in [3.05, 3.63) is 30.3 Å². The summed E-state index contributed by atoms with van der Waals surface area (Å²) in [5, 5.41) is 0. The largest absolute Gasteiger partial charge is 0.311 e. The topological polar surface area (TPSA) is 23.6 Å². The summed E-state index contributed by atoms with van der Waals surface area (Å²) < 4.78 is 0. The average Bonchev–Trinajstić information content (AvgIpc) is 2.49. The van der Waals surface area contributed by atoms with Crippen molar-refractivity contribution < 1.29 is 4.79 Å².